The Morgan fingerprint density at radius 3 is 2.72 bits per heavy atom. The summed E-state index contributed by atoms with van der Waals surface area (Å²) in [5, 5.41) is 0. The zero-order valence-corrected chi connectivity index (χ0v) is 11.2. The second kappa shape index (κ2) is 5.78. The van der Waals surface area contributed by atoms with E-state index in [1.165, 1.54) is 0 Å². The summed E-state index contributed by atoms with van der Waals surface area (Å²) in [5.74, 6) is 1.12. The van der Waals surface area contributed by atoms with Crippen molar-refractivity contribution in [1.82, 2.24) is 9.55 Å². The van der Waals surface area contributed by atoms with E-state index in [1.54, 1.807) is 0 Å². The van der Waals surface area contributed by atoms with E-state index in [9.17, 15) is 0 Å². The average molecular weight is 259 g/mol. The molecule has 0 bridgehead atoms. The quantitative estimate of drug-likeness (QED) is 0.839. The Balaban J connectivity index is 2.25. The van der Waals surface area contributed by atoms with Crippen LogP contribution in [-0.4, -0.2) is 14.5 Å². The van der Waals surface area contributed by atoms with E-state index >= 15 is 0 Å². The molecule has 1 aromatic carbocycles. The van der Waals surface area contributed by atoms with Gasteiger partial charge in [-0.2, -0.15) is 0 Å². The first kappa shape index (κ1) is 12.8. The van der Waals surface area contributed by atoms with Crippen molar-refractivity contribution in [2.45, 2.75) is 25.8 Å². The number of thiocarbonyl (C=S) groups is 1. The second-order valence-electron chi connectivity index (χ2n) is 4.22. The Hall–Kier alpha value is -1.68. The average Bonchev–Trinajstić information content (AvgIpc) is 2.83. The fraction of sp³-hybridized carbons (Fsp3) is 0.286. The lowest BCUT2D eigenvalue weighted by molar-refractivity contribution is 0.628. The fourth-order valence-electron chi connectivity index (χ4n) is 2.06. The van der Waals surface area contributed by atoms with Gasteiger partial charge in [0.25, 0.3) is 0 Å². The van der Waals surface area contributed by atoms with Crippen LogP contribution in [-0.2, 0) is 13.0 Å². The summed E-state index contributed by atoms with van der Waals surface area (Å²) in [6, 6.07) is 10.1. The molecule has 94 valence electrons. The van der Waals surface area contributed by atoms with Gasteiger partial charge in [0.2, 0.25) is 0 Å². The van der Waals surface area contributed by atoms with Gasteiger partial charge in [0.15, 0.2) is 0 Å². The van der Waals surface area contributed by atoms with Crippen LogP contribution in [0, 0.1) is 0 Å². The Morgan fingerprint density at radius 2 is 2.11 bits per heavy atom. The van der Waals surface area contributed by atoms with Gasteiger partial charge >= 0.3 is 0 Å². The number of nitrogens with two attached hydrogens (primary N) is 1. The van der Waals surface area contributed by atoms with Crippen molar-refractivity contribution in [3.63, 3.8) is 0 Å². The smallest absolute Gasteiger partial charge is 0.108 e. The lowest BCUT2D eigenvalue weighted by atomic mass is 9.99. The highest BCUT2D eigenvalue weighted by molar-refractivity contribution is 7.80. The molecule has 0 aliphatic rings. The van der Waals surface area contributed by atoms with Crippen molar-refractivity contribution in [3.05, 3.63) is 54.1 Å². The monoisotopic (exact) mass is 259 g/mol. The molecule has 0 aliphatic heterocycles. The molecule has 0 amide bonds. The number of hydrogen-bond donors (Lipinski definition) is 1. The Bertz CT molecular complexity index is 519. The molecule has 0 saturated heterocycles. The number of benzene rings is 1. The summed E-state index contributed by atoms with van der Waals surface area (Å²) >= 11 is 5.20. The molecule has 1 aromatic heterocycles. The number of imidazole rings is 1. The third kappa shape index (κ3) is 2.76. The van der Waals surface area contributed by atoms with Crippen LogP contribution in [0.1, 0.15) is 24.2 Å². The van der Waals surface area contributed by atoms with E-state index in [0.717, 1.165) is 24.4 Å². The third-order valence-electron chi connectivity index (χ3n) is 3.04. The molecule has 1 atom stereocenters. The SMILES string of the molecule is CCc1nccn1CC(C(N)=S)c1ccccc1. The predicted molar refractivity (Wildman–Crippen MR) is 77.6 cm³/mol. The van der Waals surface area contributed by atoms with E-state index < -0.39 is 0 Å². The Morgan fingerprint density at radius 1 is 1.39 bits per heavy atom. The van der Waals surface area contributed by atoms with Crippen molar-refractivity contribution in [1.29, 1.82) is 0 Å². The van der Waals surface area contributed by atoms with E-state index in [2.05, 4.69) is 28.6 Å². The van der Waals surface area contributed by atoms with Crippen LogP contribution in [0.15, 0.2) is 42.7 Å². The second-order valence-corrected chi connectivity index (χ2v) is 4.69. The van der Waals surface area contributed by atoms with Crippen LogP contribution in [0.4, 0.5) is 0 Å². The van der Waals surface area contributed by atoms with E-state index in [1.807, 2.05) is 30.6 Å². The zero-order valence-electron chi connectivity index (χ0n) is 10.4. The summed E-state index contributed by atoms with van der Waals surface area (Å²) in [7, 11) is 0. The van der Waals surface area contributed by atoms with Gasteiger partial charge in [-0.1, -0.05) is 49.5 Å². The number of nitrogens with zero attached hydrogens (tertiary/aromatic N) is 2. The summed E-state index contributed by atoms with van der Waals surface area (Å²) < 4.78 is 2.12. The number of aryl methyl sites for hydroxylation is 1. The van der Waals surface area contributed by atoms with Gasteiger partial charge in [-0.15, -0.1) is 0 Å². The Labute approximate surface area is 113 Å². The van der Waals surface area contributed by atoms with E-state index in [-0.39, 0.29) is 5.92 Å². The highest BCUT2D eigenvalue weighted by atomic mass is 32.1. The highest BCUT2D eigenvalue weighted by Crippen LogP contribution is 2.19. The maximum absolute atomic E-state index is 5.87. The van der Waals surface area contributed by atoms with Crippen molar-refractivity contribution in [2.75, 3.05) is 0 Å². The molecule has 18 heavy (non-hydrogen) atoms. The van der Waals surface area contributed by atoms with Gasteiger partial charge in [-0.3, -0.25) is 0 Å². The van der Waals surface area contributed by atoms with Gasteiger partial charge in [0.05, 0.1) is 10.9 Å². The summed E-state index contributed by atoms with van der Waals surface area (Å²) in [5.41, 5.74) is 7.03. The first-order valence-corrected chi connectivity index (χ1v) is 6.47. The number of aromatic nitrogens is 2. The molecule has 4 heteroatoms. The van der Waals surface area contributed by atoms with Crippen molar-refractivity contribution < 1.29 is 0 Å². The minimum absolute atomic E-state index is 0.0562. The molecule has 0 saturated carbocycles. The van der Waals surface area contributed by atoms with Gasteiger partial charge in [-0.25, -0.2) is 4.98 Å². The van der Waals surface area contributed by atoms with Crippen molar-refractivity contribution >= 4 is 17.2 Å². The largest absolute Gasteiger partial charge is 0.393 e. The summed E-state index contributed by atoms with van der Waals surface area (Å²) in [6.07, 6.45) is 4.71. The van der Waals surface area contributed by atoms with Crippen molar-refractivity contribution in [2.24, 2.45) is 5.73 Å². The van der Waals surface area contributed by atoms with Gasteiger partial charge in [0, 0.05) is 25.4 Å². The zero-order chi connectivity index (χ0) is 13.0. The van der Waals surface area contributed by atoms with Crippen LogP contribution in [0.3, 0.4) is 0 Å². The minimum Gasteiger partial charge on any atom is -0.393 e. The van der Waals surface area contributed by atoms with Gasteiger partial charge in [-0.05, 0) is 5.56 Å². The minimum atomic E-state index is 0.0562. The van der Waals surface area contributed by atoms with Crippen LogP contribution in [0.2, 0.25) is 0 Å². The molecule has 1 heterocycles. The maximum Gasteiger partial charge on any atom is 0.108 e. The first-order chi connectivity index (χ1) is 8.72. The normalized spacial score (nSPS) is 12.3. The fourth-order valence-corrected chi connectivity index (χ4v) is 2.27. The molecular weight excluding hydrogens is 242 g/mol. The predicted octanol–water partition coefficient (Wildman–Crippen LogP) is 2.52. The van der Waals surface area contributed by atoms with Crippen LogP contribution < -0.4 is 5.73 Å². The van der Waals surface area contributed by atoms with Crippen molar-refractivity contribution in [3.8, 4) is 0 Å². The molecule has 2 N–H and O–H groups in total. The first-order valence-electron chi connectivity index (χ1n) is 6.06. The number of hydrogen-bond acceptors (Lipinski definition) is 2. The van der Waals surface area contributed by atoms with Crippen LogP contribution in [0.25, 0.3) is 0 Å². The molecule has 3 nitrogen and oxygen atoms in total. The van der Waals surface area contributed by atoms with Crippen LogP contribution in [0.5, 0.6) is 0 Å². The molecule has 2 aromatic rings. The number of rotatable bonds is 5. The maximum atomic E-state index is 5.87. The lowest BCUT2D eigenvalue weighted by Gasteiger charge is -2.18. The molecule has 0 aliphatic carbocycles. The highest BCUT2D eigenvalue weighted by Gasteiger charge is 2.16. The molecule has 0 spiro atoms. The van der Waals surface area contributed by atoms with E-state index in [4.69, 9.17) is 18.0 Å². The van der Waals surface area contributed by atoms with Gasteiger partial charge < -0.3 is 10.3 Å². The molecule has 2 rings (SSSR count). The summed E-state index contributed by atoms with van der Waals surface area (Å²) in [4.78, 5) is 4.84. The molecule has 1 unspecified atom stereocenters. The standard InChI is InChI=1S/C14H17N3S/c1-2-13-16-8-9-17(13)10-12(14(15)18)11-6-4-3-5-7-11/h3-9,12H,2,10H2,1H3,(H2,15,18). The van der Waals surface area contributed by atoms with Crippen LogP contribution >= 0.6 is 12.2 Å². The summed E-state index contributed by atoms with van der Waals surface area (Å²) in [6.45, 7) is 2.85. The Kier molecular flexibility index (Phi) is 4.10. The molecule has 0 radical (unpaired) electrons. The molecular formula is C14H17N3S. The molecule has 0 fully saturated rings. The van der Waals surface area contributed by atoms with E-state index in [0.29, 0.717) is 4.99 Å². The third-order valence-corrected chi connectivity index (χ3v) is 3.33. The van der Waals surface area contributed by atoms with Gasteiger partial charge in [0.1, 0.15) is 5.82 Å². The topological polar surface area (TPSA) is 43.8 Å². The lowest BCUT2D eigenvalue weighted by Crippen LogP contribution is -2.24.